The van der Waals surface area contributed by atoms with Crippen LogP contribution in [-0.4, -0.2) is 36.6 Å². The predicted octanol–water partition coefficient (Wildman–Crippen LogP) is 3.11. The molecule has 2 aromatic carbocycles. The Labute approximate surface area is 163 Å². The van der Waals surface area contributed by atoms with Crippen LogP contribution in [0.2, 0.25) is 0 Å². The summed E-state index contributed by atoms with van der Waals surface area (Å²) < 4.78 is 10.5. The van der Waals surface area contributed by atoms with E-state index >= 15 is 0 Å². The smallest absolute Gasteiger partial charge is 0.328 e. The van der Waals surface area contributed by atoms with Gasteiger partial charge in [0, 0.05) is 4.92 Å². The van der Waals surface area contributed by atoms with Gasteiger partial charge in [-0.05, 0) is 25.0 Å². The Balaban J connectivity index is 2.83. The highest BCUT2D eigenvalue weighted by molar-refractivity contribution is 6.07. The number of hydrogen-bond acceptors (Lipinski definition) is 6. The lowest BCUT2D eigenvalue weighted by Crippen LogP contribution is -2.52. The predicted molar refractivity (Wildman–Crippen MR) is 102 cm³/mol. The van der Waals surface area contributed by atoms with E-state index < -0.39 is 34.7 Å². The van der Waals surface area contributed by atoms with Crippen molar-refractivity contribution in [1.82, 2.24) is 0 Å². The lowest BCUT2D eigenvalue weighted by molar-refractivity contribution is -0.484. The molecule has 148 valence electrons. The summed E-state index contributed by atoms with van der Waals surface area (Å²) in [4.78, 5) is 37.5. The van der Waals surface area contributed by atoms with E-state index in [0.29, 0.717) is 11.1 Å². The van der Waals surface area contributed by atoms with Gasteiger partial charge in [-0.15, -0.1) is 0 Å². The zero-order valence-corrected chi connectivity index (χ0v) is 15.9. The molecule has 0 aliphatic heterocycles. The third-order valence-corrected chi connectivity index (χ3v) is 4.48. The average molecular weight is 385 g/mol. The number of nitrogens with zero attached hydrogens (tertiary/aromatic N) is 1. The van der Waals surface area contributed by atoms with Crippen LogP contribution in [0.15, 0.2) is 60.7 Å². The van der Waals surface area contributed by atoms with Crippen LogP contribution in [0.4, 0.5) is 0 Å². The fourth-order valence-corrected chi connectivity index (χ4v) is 3.32. The molecule has 28 heavy (non-hydrogen) atoms. The van der Waals surface area contributed by atoms with E-state index in [0.717, 1.165) is 0 Å². The molecule has 0 aliphatic carbocycles. The molecule has 0 aliphatic rings. The number of ether oxygens (including phenoxy) is 2. The standard InChI is InChI=1S/C21H23NO6/c1-3-27-19(23)21(20(24)28-4-2,17-13-9-6-10-14-17)18(15-22(25)26)16-11-7-5-8-12-16/h5-14,18H,3-4,15H2,1-2H3/t18-/m0/s1. The second kappa shape index (κ2) is 9.64. The number of benzene rings is 2. The first-order valence-electron chi connectivity index (χ1n) is 9.05. The Bertz CT molecular complexity index is 788. The summed E-state index contributed by atoms with van der Waals surface area (Å²) in [5.74, 6) is -2.84. The van der Waals surface area contributed by atoms with E-state index in [-0.39, 0.29) is 13.2 Å². The second-order valence-electron chi connectivity index (χ2n) is 6.09. The monoisotopic (exact) mass is 385 g/mol. The van der Waals surface area contributed by atoms with Crippen LogP contribution in [-0.2, 0) is 24.5 Å². The number of rotatable bonds is 9. The highest BCUT2D eigenvalue weighted by Crippen LogP contribution is 2.42. The van der Waals surface area contributed by atoms with Crippen molar-refractivity contribution < 1.29 is 24.0 Å². The van der Waals surface area contributed by atoms with Gasteiger partial charge in [0.25, 0.3) is 0 Å². The normalized spacial score (nSPS) is 12.1. The Morgan fingerprint density at radius 1 is 0.929 bits per heavy atom. The van der Waals surface area contributed by atoms with Crippen LogP contribution in [0, 0.1) is 10.1 Å². The minimum atomic E-state index is -2.00. The molecule has 7 heteroatoms. The molecule has 2 aromatic rings. The molecule has 0 heterocycles. The molecule has 0 amide bonds. The molecule has 0 N–H and O–H groups in total. The highest BCUT2D eigenvalue weighted by Gasteiger charge is 2.58. The number of hydrogen-bond donors (Lipinski definition) is 0. The second-order valence-corrected chi connectivity index (χ2v) is 6.09. The van der Waals surface area contributed by atoms with Gasteiger partial charge in [-0.2, -0.15) is 0 Å². The summed E-state index contributed by atoms with van der Waals surface area (Å²) in [6, 6.07) is 16.7. The summed E-state index contributed by atoms with van der Waals surface area (Å²) in [7, 11) is 0. The van der Waals surface area contributed by atoms with Crippen LogP contribution < -0.4 is 0 Å². The van der Waals surface area contributed by atoms with Crippen LogP contribution in [0.3, 0.4) is 0 Å². The fourth-order valence-electron chi connectivity index (χ4n) is 3.32. The summed E-state index contributed by atoms with van der Waals surface area (Å²) in [6.07, 6.45) is 0. The maximum absolute atomic E-state index is 13.2. The highest BCUT2D eigenvalue weighted by atomic mass is 16.6. The quantitative estimate of drug-likeness (QED) is 0.285. The van der Waals surface area contributed by atoms with Crippen molar-refractivity contribution in [3.8, 4) is 0 Å². The summed E-state index contributed by atoms with van der Waals surface area (Å²) in [5.41, 5.74) is -1.23. The minimum Gasteiger partial charge on any atom is -0.465 e. The fraction of sp³-hybridized carbons (Fsp3) is 0.333. The number of esters is 2. The summed E-state index contributed by atoms with van der Waals surface area (Å²) >= 11 is 0. The Morgan fingerprint density at radius 3 is 1.82 bits per heavy atom. The van der Waals surface area contributed by atoms with Gasteiger partial charge >= 0.3 is 11.9 Å². The van der Waals surface area contributed by atoms with E-state index in [1.807, 2.05) is 0 Å². The lowest BCUT2D eigenvalue weighted by atomic mass is 9.67. The zero-order chi connectivity index (χ0) is 20.6. The van der Waals surface area contributed by atoms with Gasteiger partial charge < -0.3 is 9.47 Å². The van der Waals surface area contributed by atoms with Gasteiger partial charge in [-0.25, -0.2) is 0 Å². The van der Waals surface area contributed by atoms with Gasteiger partial charge in [-0.1, -0.05) is 60.7 Å². The molecule has 0 aromatic heterocycles. The molecule has 0 radical (unpaired) electrons. The van der Waals surface area contributed by atoms with Crippen LogP contribution in [0.25, 0.3) is 0 Å². The minimum absolute atomic E-state index is 0.0206. The first-order chi connectivity index (χ1) is 13.5. The van der Waals surface area contributed by atoms with Gasteiger partial charge in [-0.3, -0.25) is 19.7 Å². The molecule has 0 saturated carbocycles. The first kappa shape index (κ1) is 21.1. The average Bonchev–Trinajstić information content (AvgIpc) is 2.69. The maximum atomic E-state index is 13.2. The number of carbonyl (C=O) groups excluding carboxylic acids is 2. The third kappa shape index (κ3) is 4.19. The molecule has 2 rings (SSSR count). The molecule has 0 spiro atoms. The molecule has 0 unspecified atom stereocenters. The van der Waals surface area contributed by atoms with Gasteiger partial charge in [0.15, 0.2) is 0 Å². The molecular weight excluding hydrogens is 362 g/mol. The molecule has 1 atom stereocenters. The Morgan fingerprint density at radius 2 is 1.39 bits per heavy atom. The third-order valence-electron chi connectivity index (χ3n) is 4.48. The maximum Gasteiger partial charge on any atom is 0.328 e. The Hall–Kier alpha value is -3.22. The van der Waals surface area contributed by atoms with Gasteiger partial charge in [0.2, 0.25) is 12.0 Å². The van der Waals surface area contributed by atoms with Crippen molar-refractivity contribution in [2.45, 2.75) is 25.2 Å². The molecular formula is C21H23NO6. The van der Waals surface area contributed by atoms with E-state index in [2.05, 4.69) is 0 Å². The Kier molecular flexibility index (Phi) is 7.26. The van der Waals surface area contributed by atoms with Crippen molar-refractivity contribution in [2.75, 3.05) is 19.8 Å². The SMILES string of the molecule is CCOC(=O)C(C(=O)OCC)(c1ccccc1)[C@@H](C[N+](=O)[O-])c1ccccc1. The zero-order valence-electron chi connectivity index (χ0n) is 15.9. The van der Waals surface area contributed by atoms with Crippen LogP contribution >= 0.6 is 0 Å². The van der Waals surface area contributed by atoms with Crippen molar-refractivity contribution in [2.24, 2.45) is 0 Å². The van der Waals surface area contributed by atoms with Crippen LogP contribution in [0.1, 0.15) is 30.9 Å². The summed E-state index contributed by atoms with van der Waals surface area (Å²) in [5, 5.41) is 11.5. The van der Waals surface area contributed by atoms with Crippen molar-refractivity contribution >= 4 is 11.9 Å². The van der Waals surface area contributed by atoms with Crippen LogP contribution in [0.5, 0.6) is 0 Å². The molecule has 7 nitrogen and oxygen atoms in total. The van der Waals surface area contributed by atoms with E-state index in [1.54, 1.807) is 74.5 Å². The molecule has 0 bridgehead atoms. The molecule has 0 fully saturated rings. The van der Waals surface area contributed by atoms with E-state index in [1.165, 1.54) is 0 Å². The van der Waals surface area contributed by atoms with E-state index in [4.69, 9.17) is 9.47 Å². The number of nitro groups is 1. The summed E-state index contributed by atoms with van der Waals surface area (Å²) in [6.45, 7) is 2.63. The van der Waals surface area contributed by atoms with Crippen molar-refractivity contribution in [3.63, 3.8) is 0 Å². The number of carbonyl (C=O) groups is 2. The van der Waals surface area contributed by atoms with Crippen molar-refractivity contribution in [1.29, 1.82) is 0 Å². The lowest BCUT2D eigenvalue weighted by Gasteiger charge is -2.35. The van der Waals surface area contributed by atoms with Gasteiger partial charge in [0.1, 0.15) is 0 Å². The topological polar surface area (TPSA) is 95.7 Å². The largest absolute Gasteiger partial charge is 0.465 e. The van der Waals surface area contributed by atoms with Crippen molar-refractivity contribution in [3.05, 3.63) is 81.9 Å². The molecule has 0 saturated heterocycles. The first-order valence-corrected chi connectivity index (χ1v) is 9.05. The van der Waals surface area contributed by atoms with E-state index in [9.17, 15) is 19.7 Å². The van der Waals surface area contributed by atoms with Gasteiger partial charge in [0.05, 0.1) is 19.1 Å².